The Morgan fingerprint density at radius 3 is 2.75 bits per heavy atom. The van der Waals surface area contributed by atoms with Crippen molar-refractivity contribution >= 4 is 0 Å². The molecule has 0 saturated carbocycles. The first-order valence-corrected chi connectivity index (χ1v) is 5.13. The van der Waals surface area contributed by atoms with Crippen LogP contribution in [0.3, 0.4) is 0 Å². The molecule has 0 amide bonds. The van der Waals surface area contributed by atoms with Gasteiger partial charge in [0.1, 0.15) is 12.7 Å². The maximum absolute atomic E-state index is 5.45. The molecule has 2 N–H and O–H groups in total. The van der Waals surface area contributed by atoms with Gasteiger partial charge in [-0.3, -0.25) is 0 Å². The highest BCUT2D eigenvalue weighted by atomic mass is 15.4. The van der Waals surface area contributed by atoms with E-state index >= 15 is 0 Å². The maximum Gasteiger partial charge on any atom is 0.164 e. The quantitative estimate of drug-likeness (QED) is 0.817. The Kier molecular flexibility index (Phi) is 2.91. The van der Waals surface area contributed by atoms with E-state index in [0.717, 1.165) is 5.69 Å². The lowest BCUT2D eigenvalue weighted by atomic mass is 10.1. The lowest BCUT2D eigenvalue weighted by Gasteiger charge is -2.05. The Labute approximate surface area is 93.6 Å². The molecule has 16 heavy (non-hydrogen) atoms. The van der Waals surface area contributed by atoms with E-state index in [1.807, 2.05) is 6.07 Å². The van der Waals surface area contributed by atoms with E-state index in [2.05, 4.69) is 33.9 Å². The topological polar surface area (TPSA) is 82.5 Å². The highest BCUT2D eigenvalue weighted by Crippen LogP contribution is 2.12. The predicted molar refractivity (Wildman–Crippen MR) is 58.9 cm³/mol. The first-order chi connectivity index (χ1) is 7.70. The van der Waals surface area contributed by atoms with E-state index in [4.69, 9.17) is 5.73 Å². The summed E-state index contributed by atoms with van der Waals surface area (Å²) >= 11 is 0. The molecule has 0 aliphatic rings. The molecule has 0 saturated heterocycles. The fraction of sp³-hybridized carbons (Fsp3) is 0.400. The molecular weight excluding hydrogens is 204 g/mol. The van der Waals surface area contributed by atoms with E-state index in [0.29, 0.717) is 24.1 Å². The zero-order valence-corrected chi connectivity index (χ0v) is 9.33. The molecule has 0 fully saturated rings. The number of aromatic nitrogens is 5. The molecule has 2 heterocycles. The van der Waals surface area contributed by atoms with Crippen molar-refractivity contribution in [2.24, 2.45) is 5.73 Å². The van der Waals surface area contributed by atoms with Gasteiger partial charge in [-0.1, -0.05) is 13.8 Å². The van der Waals surface area contributed by atoms with E-state index in [1.54, 1.807) is 11.0 Å². The third-order valence-electron chi connectivity index (χ3n) is 2.22. The fourth-order valence-corrected chi connectivity index (χ4v) is 1.30. The van der Waals surface area contributed by atoms with Gasteiger partial charge in [0, 0.05) is 11.8 Å². The minimum Gasteiger partial charge on any atom is -0.324 e. The number of rotatable bonds is 3. The van der Waals surface area contributed by atoms with Crippen molar-refractivity contribution in [1.82, 2.24) is 24.7 Å². The van der Waals surface area contributed by atoms with E-state index in [9.17, 15) is 0 Å². The van der Waals surface area contributed by atoms with Gasteiger partial charge in [-0.2, -0.15) is 0 Å². The predicted octanol–water partition coefficient (Wildman–Crippen LogP) is 0.639. The Bertz CT molecular complexity index is 476. The highest BCUT2D eigenvalue weighted by Gasteiger charge is 2.06. The molecule has 2 aromatic rings. The van der Waals surface area contributed by atoms with Crippen LogP contribution in [-0.2, 0) is 6.54 Å². The summed E-state index contributed by atoms with van der Waals surface area (Å²) in [6, 6.07) is 1.90. The summed E-state index contributed by atoms with van der Waals surface area (Å²) < 4.78 is 1.61. The van der Waals surface area contributed by atoms with Crippen molar-refractivity contribution in [1.29, 1.82) is 0 Å². The van der Waals surface area contributed by atoms with Crippen LogP contribution in [-0.4, -0.2) is 24.7 Å². The normalized spacial score (nSPS) is 11.0. The van der Waals surface area contributed by atoms with Crippen molar-refractivity contribution in [3.8, 4) is 5.82 Å². The molecule has 2 aromatic heterocycles. The zero-order valence-electron chi connectivity index (χ0n) is 9.33. The zero-order chi connectivity index (χ0) is 11.5. The molecule has 84 valence electrons. The van der Waals surface area contributed by atoms with Gasteiger partial charge in [0.05, 0.1) is 6.54 Å². The lowest BCUT2D eigenvalue weighted by molar-refractivity contribution is 0.772. The summed E-state index contributed by atoms with van der Waals surface area (Å²) in [5.41, 5.74) is 6.43. The molecule has 0 unspecified atom stereocenters. The molecule has 0 bridgehead atoms. The maximum atomic E-state index is 5.45. The number of nitrogens with zero attached hydrogens (tertiary/aromatic N) is 5. The van der Waals surface area contributed by atoms with Crippen molar-refractivity contribution in [3.05, 3.63) is 30.2 Å². The second-order valence-electron chi connectivity index (χ2n) is 3.77. The third kappa shape index (κ3) is 2.06. The number of hydrogen-bond acceptors (Lipinski definition) is 5. The van der Waals surface area contributed by atoms with Crippen LogP contribution in [0.5, 0.6) is 0 Å². The van der Waals surface area contributed by atoms with Crippen molar-refractivity contribution in [2.45, 2.75) is 26.3 Å². The van der Waals surface area contributed by atoms with E-state index < -0.39 is 0 Å². The molecule has 2 rings (SSSR count). The van der Waals surface area contributed by atoms with Gasteiger partial charge in [0.15, 0.2) is 11.6 Å². The SMILES string of the molecule is CC(C)c1cc(-n2cnc(CN)n2)ncn1. The lowest BCUT2D eigenvalue weighted by Crippen LogP contribution is -2.04. The summed E-state index contributed by atoms with van der Waals surface area (Å²) in [7, 11) is 0. The summed E-state index contributed by atoms with van der Waals surface area (Å²) in [4.78, 5) is 12.4. The summed E-state index contributed by atoms with van der Waals surface area (Å²) in [5, 5.41) is 4.19. The van der Waals surface area contributed by atoms with Gasteiger partial charge in [-0.25, -0.2) is 19.6 Å². The van der Waals surface area contributed by atoms with E-state index in [-0.39, 0.29) is 0 Å². The first kappa shape index (κ1) is 10.7. The Balaban J connectivity index is 2.36. The van der Waals surface area contributed by atoms with Crippen LogP contribution < -0.4 is 5.73 Å². The van der Waals surface area contributed by atoms with Gasteiger partial charge in [0.2, 0.25) is 0 Å². The van der Waals surface area contributed by atoms with Crippen LogP contribution in [0.4, 0.5) is 0 Å². The molecule has 0 aliphatic heterocycles. The molecule has 6 heteroatoms. The van der Waals surface area contributed by atoms with Gasteiger partial charge in [-0.15, -0.1) is 5.10 Å². The summed E-state index contributed by atoms with van der Waals surface area (Å²) in [6.45, 7) is 4.49. The minimum absolute atomic E-state index is 0.328. The van der Waals surface area contributed by atoms with Crippen LogP contribution in [0.1, 0.15) is 31.3 Å². The van der Waals surface area contributed by atoms with Crippen molar-refractivity contribution < 1.29 is 0 Å². The van der Waals surface area contributed by atoms with Crippen molar-refractivity contribution in [2.75, 3.05) is 0 Å². The third-order valence-corrected chi connectivity index (χ3v) is 2.22. The smallest absolute Gasteiger partial charge is 0.164 e. The van der Waals surface area contributed by atoms with Gasteiger partial charge < -0.3 is 5.73 Å². The molecule has 0 spiro atoms. The van der Waals surface area contributed by atoms with Crippen LogP contribution in [0.2, 0.25) is 0 Å². The van der Waals surface area contributed by atoms with Crippen molar-refractivity contribution in [3.63, 3.8) is 0 Å². The van der Waals surface area contributed by atoms with Gasteiger partial charge in [-0.05, 0) is 5.92 Å². The Hall–Kier alpha value is -1.82. The highest BCUT2D eigenvalue weighted by molar-refractivity contribution is 5.23. The molecular formula is C10H14N6. The number of nitrogens with two attached hydrogens (primary N) is 1. The Morgan fingerprint density at radius 1 is 1.31 bits per heavy atom. The number of hydrogen-bond donors (Lipinski definition) is 1. The molecule has 0 atom stereocenters. The van der Waals surface area contributed by atoms with Crippen LogP contribution in [0, 0.1) is 0 Å². The average molecular weight is 218 g/mol. The fourth-order valence-electron chi connectivity index (χ4n) is 1.30. The van der Waals surface area contributed by atoms with Gasteiger partial charge >= 0.3 is 0 Å². The molecule has 0 aromatic carbocycles. The summed E-state index contributed by atoms with van der Waals surface area (Å²) in [5.74, 6) is 1.68. The minimum atomic E-state index is 0.328. The largest absolute Gasteiger partial charge is 0.324 e. The van der Waals surface area contributed by atoms with Crippen LogP contribution in [0.15, 0.2) is 18.7 Å². The second kappa shape index (κ2) is 4.36. The van der Waals surface area contributed by atoms with E-state index in [1.165, 1.54) is 6.33 Å². The van der Waals surface area contributed by atoms with Crippen LogP contribution in [0.25, 0.3) is 5.82 Å². The average Bonchev–Trinajstić information content (AvgIpc) is 2.77. The molecule has 0 radical (unpaired) electrons. The van der Waals surface area contributed by atoms with Crippen LogP contribution >= 0.6 is 0 Å². The standard InChI is InChI=1S/C10H14N6/c1-7(2)8-3-10(13-5-12-8)16-6-14-9(4-11)15-16/h3,5-7H,4,11H2,1-2H3. The molecule has 0 aliphatic carbocycles. The first-order valence-electron chi connectivity index (χ1n) is 5.13. The van der Waals surface area contributed by atoms with Gasteiger partial charge in [0.25, 0.3) is 0 Å². The Morgan fingerprint density at radius 2 is 2.12 bits per heavy atom. The second-order valence-corrected chi connectivity index (χ2v) is 3.77. The molecule has 6 nitrogen and oxygen atoms in total. The monoisotopic (exact) mass is 218 g/mol. The summed E-state index contributed by atoms with van der Waals surface area (Å²) in [6.07, 6.45) is 3.14.